The Morgan fingerprint density at radius 2 is 2.05 bits per heavy atom. The van der Waals surface area contributed by atoms with Crippen molar-refractivity contribution in [3.63, 3.8) is 0 Å². The van der Waals surface area contributed by atoms with E-state index in [9.17, 15) is 0 Å². The number of rotatable bonds is 3. The summed E-state index contributed by atoms with van der Waals surface area (Å²) in [7, 11) is 4.16. The highest BCUT2D eigenvalue weighted by atomic mass is 15.4. The van der Waals surface area contributed by atoms with E-state index in [1.54, 1.807) is 0 Å². The first kappa shape index (κ1) is 12.7. The Morgan fingerprint density at radius 1 is 1.25 bits per heavy atom. The average molecular weight is 275 g/mol. The Balaban J connectivity index is 1.87. The Bertz CT molecular complexity index is 580. The zero-order valence-corrected chi connectivity index (χ0v) is 11.5. The highest BCUT2D eigenvalue weighted by Crippen LogP contribution is 2.19. The van der Waals surface area contributed by atoms with Gasteiger partial charge in [0, 0.05) is 19.1 Å². The quantitative estimate of drug-likeness (QED) is 0.774. The van der Waals surface area contributed by atoms with Gasteiger partial charge < -0.3 is 15.5 Å². The second kappa shape index (κ2) is 5.00. The number of aromatic nitrogens is 6. The van der Waals surface area contributed by atoms with E-state index in [1.807, 2.05) is 0 Å². The molecule has 9 heteroatoms. The van der Waals surface area contributed by atoms with E-state index < -0.39 is 0 Å². The topological polar surface area (TPSA) is 102 Å². The molecule has 0 saturated carbocycles. The van der Waals surface area contributed by atoms with E-state index in [4.69, 9.17) is 5.73 Å². The van der Waals surface area contributed by atoms with Gasteiger partial charge in [-0.2, -0.15) is 24.7 Å². The van der Waals surface area contributed by atoms with Crippen molar-refractivity contribution in [2.45, 2.75) is 12.5 Å². The maximum Gasteiger partial charge on any atom is 0.258 e. The molecular formula is C11H17N9. The lowest BCUT2D eigenvalue weighted by atomic mass is 10.2. The van der Waals surface area contributed by atoms with Crippen LogP contribution in [-0.2, 0) is 0 Å². The van der Waals surface area contributed by atoms with Crippen LogP contribution in [0, 0.1) is 0 Å². The first-order chi connectivity index (χ1) is 9.63. The number of hydrogen-bond acceptors (Lipinski definition) is 8. The van der Waals surface area contributed by atoms with Crippen LogP contribution in [0.5, 0.6) is 0 Å². The van der Waals surface area contributed by atoms with Gasteiger partial charge in [0.1, 0.15) is 12.7 Å². The second-order valence-electron chi connectivity index (χ2n) is 4.99. The fourth-order valence-corrected chi connectivity index (χ4v) is 2.27. The van der Waals surface area contributed by atoms with Crippen LogP contribution in [0.4, 0.5) is 11.9 Å². The smallest absolute Gasteiger partial charge is 0.258 e. The van der Waals surface area contributed by atoms with Crippen LogP contribution in [0.25, 0.3) is 5.95 Å². The molecule has 3 heterocycles. The Kier molecular flexibility index (Phi) is 3.18. The third kappa shape index (κ3) is 2.39. The molecule has 1 saturated heterocycles. The normalized spacial score (nSPS) is 18.9. The standard InChI is InChI=1S/C11H17N9/c1-18(2)8-3-4-19(5-8)10-15-9(12)16-11(17-10)20-7-13-6-14-20/h6-8H,3-5H2,1-2H3,(H2,12,15,16,17). The maximum atomic E-state index is 5.77. The van der Waals surface area contributed by atoms with E-state index in [0.29, 0.717) is 17.9 Å². The van der Waals surface area contributed by atoms with E-state index in [0.717, 1.165) is 19.5 Å². The lowest BCUT2D eigenvalue weighted by Crippen LogP contribution is -2.32. The molecule has 1 aliphatic heterocycles. The minimum absolute atomic E-state index is 0.189. The fraction of sp³-hybridized carbons (Fsp3) is 0.545. The van der Waals surface area contributed by atoms with Crippen molar-refractivity contribution in [3.05, 3.63) is 12.7 Å². The molecule has 106 valence electrons. The monoisotopic (exact) mass is 275 g/mol. The summed E-state index contributed by atoms with van der Waals surface area (Å²) in [6.45, 7) is 1.79. The molecule has 0 aliphatic carbocycles. The molecule has 20 heavy (non-hydrogen) atoms. The molecule has 0 amide bonds. The largest absolute Gasteiger partial charge is 0.368 e. The van der Waals surface area contributed by atoms with Crippen LogP contribution in [0.3, 0.4) is 0 Å². The molecule has 2 N–H and O–H groups in total. The van der Waals surface area contributed by atoms with Crippen LogP contribution < -0.4 is 10.6 Å². The summed E-state index contributed by atoms with van der Waals surface area (Å²) in [6.07, 6.45) is 4.04. The van der Waals surface area contributed by atoms with Gasteiger partial charge in [0.15, 0.2) is 0 Å². The van der Waals surface area contributed by atoms with Crippen molar-refractivity contribution in [2.75, 3.05) is 37.8 Å². The van der Waals surface area contributed by atoms with Crippen molar-refractivity contribution in [1.29, 1.82) is 0 Å². The molecule has 3 rings (SSSR count). The summed E-state index contributed by atoms with van der Waals surface area (Å²) < 4.78 is 1.47. The van der Waals surface area contributed by atoms with Gasteiger partial charge in [-0.1, -0.05) is 0 Å². The predicted molar refractivity (Wildman–Crippen MR) is 73.5 cm³/mol. The van der Waals surface area contributed by atoms with Gasteiger partial charge in [0.25, 0.3) is 5.95 Å². The number of nitrogens with two attached hydrogens (primary N) is 1. The molecule has 0 bridgehead atoms. The number of likely N-dealkylation sites (N-methyl/N-ethyl adjacent to an activating group) is 1. The summed E-state index contributed by atoms with van der Waals surface area (Å²) >= 11 is 0. The van der Waals surface area contributed by atoms with E-state index in [-0.39, 0.29) is 5.95 Å². The SMILES string of the molecule is CN(C)C1CCN(c2nc(N)nc(-n3cncn3)n2)C1. The molecule has 0 aromatic carbocycles. The Morgan fingerprint density at radius 3 is 2.70 bits per heavy atom. The molecular weight excluding hydrogens is 258 g/mol. The summed E-state index contributed by atoms with van der Waals surface area (Å²) in [4.78, 5) is 20.9. The van der Waals surface area contributed by atoms with E-state index in [1.165, 1.54) is 17.3 Å². The van der Waals surface area contributed by atoms with Crippen molar-refractivity contribution in [2.24, 2.45) is 0 Å². The highest BCUT2D eigenvalue weighted by Gasteiger charge is 2.26. The predicted octanol–water partition coefficient (Wildman–Crippen LogP) is -0.825. The molecule has 1 unspecified atom stereocenters. The van der Waals surface area contributed by atoms with Crippen molar-refractivity contribution in [3.8, 4) is 5.95 Å². The van der Waals surface area contributed by atoms with E-state index >= 15 is 0 Å². The Hall–Kier alpha value is -2.29. The van der Waals surface area contributed by atoms with Crippen molar-refractivity contribution < 1.29 is 0 Å². The zero-order valence-electron chi connectivity index (χ0n) is 11.5. The maximum absolute atomic E-state index is 5.77. The molecule has 0 spiro atoms. The van der Waals surface area contributed by atoms with Crippen LogP contribution >= 0.6 is 0 Å². The minimum Gasteiger partial charge on any atom is -0.368 e. The molecule has 1 fully saturated rings. The van der Waals surface area contributed by atoms with Gasteiger partial charge in [-0.15, -0.1) is 0 Å². The van der Waals surface area contributed by atoms with Gasteiger partial charge in [-0.3, -0.25) is 0 Å². The molecule has 1 atom stereocenters. The molecule has 9 nitrogen and oxygen atoms in total. The molecule has 2 aromatic rings. The molecule has 1 aliphatic rings. The minimum atomic E-state index is 0.189. The number of nitrogen functional groups attached to an aromatic ring is 1. The average Bonchev–Trinajstić information content (AvgIpc) is 3.10. The lowest BCUT2D eigenvalue weighted by molar-refractivity contribution is 0.315. The highest BCUT2D eigenvalue weighted by molar-refractivity contribution is 5.39. The van der Waals surface area contributed by atoms with Crippen molar-refractivity contribution >= 4 is 11.9 Å². The van der Waals surface area contributed by atoms with Crippen LogP contribution in [0.15, 0.2) is 12.7 Å². The number of hydrogen-bond donors (Lipinski definition) is 1. The van der Waals surface area contributed by atoms with Gasteiger partial charge in [-0.05, 0) is 20.5 Å². The van der Waals surface area contributed by atoms with Gasteiger partial charge in [0.05, 0.1) is 0 Å². The number of anilines is 2. The summed E-state index contributed by atoms with van der Waals surface area (Å²) in [5, 5.41) is 4.01. The lowest BCUT2D eigenvalue weighted by Gasteiger charge is -2.20. The first-order valence-corrected chi connectivity index (χ1v) is 6.41. The second-order valence-corrected chi connectivity index (χ2v) is 4.99. The van der Waals surface area contributed by atoms with Crippen LogP contribution in [0.1, 0.15) is 6.42 Å². The number of nitrogens with zero attached hydrogens (tertiary/aromatic N) is 8. The summed E-state index contributed by atoms with van der Waals surface area (Å²) in [5.41, 5.74) is 5.77. The van der Waals surface area contributed by atoms with Gasteiger partial charge >= 0.3 is 0 Å². The van der Waals surface area contributed by atoms with Gasteiger partial charge in [-0.25, -0.2) is 4.98 Å². The van der Waals surface area contributed by atoms with Crippen molar-refractivity contribution in [1.82, 2.24) is 34.6 Å². The fourth-order valence-electron chi connectivity index (χ4n) is 2.27. The van der Waals surface area contributed by atoms with Crippen LogP contribution in [0.2, 0.25) is 0 Å². The molecule has 0 radical (unpaired) electrons. The molecule has 2 aromatic heterocycles. The zero-order chi connectivity index (χ0) is 14.1. The summed E-state index contributed by atoms with van der Waals surface area (Å²) in [6, 6.07) is 0.503. The first-order valence-electron chi connectivity index (χ1n) is 6.41. The van der Waals surface area contributed by atoms with Gasteiger partial charge in [0.2, 0.25) is 11.9 Å². The van der Waals surface area contributed by atoms with E-state index in [2.05, 4.69) is 48.9 Å². The van der Waals surface area contributed by atoms with Crippen LogP contribution in [-0.4, -0.2) is 67.8 Å². The third-order valence-electron chi connectivity index (χ3n) is 3.43. The third-order valence-corrected chi connectivity index (χ3v) is 3.43. The summed E-state index contributed by atoms with van der Waals surface area (Å²) in [5.74, 6) is 1.17. The Labute approximate surface area is 116 Å².